The number of carbonyl (C=O) groups is 3. The number of primary amides is 1. The summed E-state index contributed by atoms with van der Waals surface area (Å²) >= 11 is 1.39. The van der Waals surface area contributed by atoms with Crippen LogP contribution in [0.4, 0.5) is 5.13 Å². The summed E-state index contributed by atoms with van der Waals surface area (Å²) in [6.07, 6.45) is 1.68. The van der Waals surface area contributed by atoms with Gasteiger partial charge in [0.15, 0.2) is 16.5 Å². The van der Waals surface area contributed by atoms with E-state index in [1.807, 2.05) is 0 Å². The molecule has 1 saturated carbocycles. The van der Waals surface area contributed by atoms with Gasteiger partial charge in [0.2, 0.25) is 5.78 Å². The number of hydrogen-bond donors (Lipinski definition) is 6. The van der Waals surface area contributed by atoms with E-state index in [9.17, 15) is 34.8 Å². The second-order valence-electron chi connectivity index (χ2n) is 8.70. The minimum atomic E-state index is -2.56. The number of Topliss-reactive ketones (excluding diaryl/α,β-unsaturated/α-hetero) is 2. The smallest absolute Gasteiger partial charge is 0.255 e. The van der Waals surface area contributed by atoms with Crippen molar-refractivity contribution in [2.75, 3.05) is 5.32 Å². The summed E-state index contributed by atoms with van der Waals surface area (Å²) in [5.74, 6) is -6.31. The molecule has 11 heteroatoms. The van der Waals surface area contributed by atoms with Crippen molar-refractivity contribution < 1.29 is 34.8 Å². The number of aliphatic hydroxyl groups excluding tert-OH is 2. The number of anilines is 1. The molecule has 2 unspecified atom stereocenters. The molecule has 176 valence electrons. The van der Waals surface area contributed by atoms with Crippen LogP contribution in [0.2, 0.25) is 0 Å². The quantitative estimate of drug-likeness (QED) is 0.351. The lowest BCUT2D eigenvalue weighted by Gasteiger charge is -2.46. The van der Waals surface area contributed by atoms with E-state index in [2.05, 4.69) is 10.3 Å². The minimum absolute atomic E-state index is 0.0746. The number of phenols is 1. The fourth-order valence-corrected chi connectivity index (χ4v) is 5.79. The Kier molecular flexibility index (Phi) is 4.99. The molecule has 3 aliphatic carbocycles. The van der Waals surface area contributed by atoms with E-state index in [4.69, 9.17) is 5.73 Å². The second-order valence-corrected chi connectivity index (χ2v) is 9.60. The summed E-state index contributed by atoms with van der Waals surface area (Å²) in [5.41, 5.74) is 2.82. The molecule has 0 spiro atoms. The fourth-order valence-electron chi connectivity index (χ4n) is 5.26. The van der Waals surface area contributed by atoms with Crippen molar-refractivity contribution in [2.24, 2.45) is 17.6 Å². The Morgan fingerprint density at radius 1 is 1.24 bits per heavy atom. The molecule has 0 aliphatic heterocycles. The van der Waals surface area contributed by atoms with Gasteiger partial charge >= 0.3 is 0 Å². The number of amides is 1. The van der Waals surface area contributed by atoms with E-state index < -0.39 is 52.0 Å². The molecule has 1 amide bonds. The number of aliphatic hydroxyl groups is 3. The van der Waals surface area contributed by atoms with Crippen molar-refractivity contribution in [1.82, 2.24) is 4.98 Å². The highest BCUT2D eigenvalue weighted by molar-refractivity contribution is 7.13. The van der Waals surface area contributed by atoms with Gasteiger partial charge in [0.25, 0.3) is 5.91 Å². The fraction of sp³-hybridized carbons (Fsp3) is 0.304. The van der Waals surface area contributed by atoms with Gasteiger partial charge < -0.3 is 31.5 Å². The van der Waals surface area contributed by atoms with Crippen molar-refractivity contribution in [3.8, 4) is 5.75 Å². The molecular weight excluding hydrogens is 462 g/mol. The highest BCUT2D eigenvalue weighted by atomic mass is 32.1. The summed E-state index contributed by atoms with van der Waals surface area (Å²) in [6.45, 7) is 0.215. The van der Waals surface area contributed by atoms with Gasteiger partial charge in [-0.2, -0.15) is 0 Å². The molecular formula is C23H21N3O7S. The van der Waals surface area contributed by atoms with Crippen LogP contribution in [0.3, 0.4) is 0 Å². The maximum absolute atomic E-state index is 13.5. The maximum Gasteiger partial charge on any atom is 0.255 e. The van der Waals surface area contributed by atoms with Gasteiger partial charge in [0.05, 0.1) is 5.56 Å². The van der Waals surface area contributed by atoms with Crippen LogP contribution >= 0.6 is 11.3 Å². The van der Waals surface area contributed by atoms with E-state index in [1.54, 1.807) is 23.7 Å². The zero-order valence-electron chi connectivity index (χ0n) is 17.7. The average Bonchev–Trinajstić information content (AvgIpc) is 3.29. The van der Waals surface area contributed by atoms with Crippen molar-refractivity contribution in [2.45, 2.75) is 31.4 Å². The molecule has 7 N–H and O–H groups in total. The normalized spacial score (nSPS) is 26.1. The third kappa shape index (κ3) is 3.04. The molecule has 1 heterocycles. The first-order valence-electron chi connectivity index (χ1n) is 10.6. The number of nitrogens with zero attached hydrogens (tertiary/aromatic N) is 1. The Morgan fingerprint density at radius 3 is 2.68 bits per heavy atom. The van der Waals surface area contributed by atoms with Crippen molar-refractivity contribution in [1.29, 1.82) is 0 Å². The SMILES string of the molecule is NC(=O)C1=C(O)[C@@]2(O)C(=O)C3=C(O)c4c(ccc(CNc5nccs5)c4O)CC3CC2CC1=O. The molecule has 3 atom stereocenters. The lowest BCUT2D eigenvalue weighted by Crippen LogP contribution is -2.58. The third-order valence-electron chi connectivity index (χ3n) is 6.88. The topological polar surface area (TPSA) is 183 Å². The number of carbonyl (C=O) groups excluding carboxylic acids is 3. The summed E-state index contributed by atoms with van der Waals surface area (Å²) < 4.78 is 0. The number of benzene rings is 1. The molecule has 0 radical (unpaired) electrons. The van der Waals surface area contributed by atoms with Crippen LogP contribution in [-0.4, -0.2) is 48.5 Å². The van der Waals surface area contributed by atoms with E-state index in [1.165, 1.54) is 11.3 Å². The van der Waals surface area contributed by atoms with Crippen LogP contribution in [0.1, 0.15) is 29.5 Å². The number of nitrogens with two attached hydrogens (primary N) is 1. The highest BCUT2D eigenvalue weighted by Gasteiger charge is 2.60. The van der Waals surface area contributed by atoms with E-state index in [0.29, 0.717) is 16.3 Å². The third-order valence-corrected chi connectivity index (χ3v) is 7.61. The van der Waals surface area contributed by atoms with Crippen LogP contribution < -0.4 is 11.1 Å². The van der Waals surface area contributed by atoms with Gasteiger partial charge in [0.1, 0.15) is 22.8 Å². The molecule has 3 aliphatic rings. The maximum atomic E-state index is 13.5. The van der Waals surface area contributed by atoms with Gasteiger partial charge in [-0.15, -0.1) is 11.3 Å². The van der Waals surface area contributed by atoms with E-state index >= 15 is 0 Å². The molecule has 34 heavy (non-hydrogen) atoms. The summed E-state index contributed by atoms with van der Waals surface area (Å²) in [7, 11) is 0. The number of aromatic nitrogens is 1. The van der Waals surface area contributed by atoms with Gasteiger partial charge in [-0.05, 0) is 24.3 Å². The van der Waals surface area contributed by atoms with Crippen LogP contribution in [0.25, 0.3) is 5.76 Å². The largest absolute Gasteiger partial charge is 0.508 e. The first kappa shape index (κ1) is 22.1. The zero-order chi connectivity index (χ0) is 24.4. The number of phenolic OH excluding ortho intramolecular Hbond substituents is 1. The van der Waals surface area contributed by atoms with Crippen LogP contribution in [-0.2, 0) is 27.3 Å². The molecule has 10 nitrogen and oxygen atoms in total. The van der Waals surface area contributed by atoms with Gasteiger partial charge in [-0.1, -0.05) is 12.1 Å². The molecule has 0 bridgehead atoms. The van der Waals surface area contributed by atoms with Crippen LogP contribution in [0.15, 0.2) is 40.6 Å². The number of nitrogens with one attached hydrogen (secondary N) is 1. The van der Waals surface area contributed by atoms with E-state index in [-0.39, 0.29) is 42.7 Å². The predicted octanol–water partition coefficient (Wildman–Crippen LogP) is 1.49. The first-order valence-corrected chi connectivity index (χ1v) is 11.5. The van der Waals surface area contributed by atoms with Gasteiger partial charge in [0, 0.05) is 41.6 Å². The van der Waals surface area contributed by atoms with Crippen molar-refractivity contribution in [3.05, 3.63) is 57.3 Å². The number of thiazole rings is 1. The lowest BCUT2D eigenvalue weighted by molar-refractivity contribution is -0.147. The number of aromatic hydroxyl groups is 1. The Hall–Kier alpha value is -3.70. The van der Waals surface area contributed by atoms with Crippen molar-refractivity contribution >= 4 is 39.7 Å². The monoisotopic (exact) mass is 483 g/mol. The minimum Gasteiger partial charge on any atom is -0.508 e. The standard InChI is InChI=1S/C23H21N3O7S/c24-21(32)16-13(27)7-12-6-11-5-9-1-2-10(8-26-22-25-3-4-34-22)17(28)14(9)18(29)15(11)19(30)23(12,33)20(16)31/h1-4,11-12,28-29,31,33H,5-8H2,(H2,24,32)(H,25,26)/t11?,12?,23-/m0/s1. The summed E-state index contributed by atoms with van der Waals surface area (Å²) in [6, 6.07) is 3.46. The Morgan fingerprint density at radius 2 is 2.00 bits per heavy atom. The molecule has 5 rings (SSSR count). The predicted molar refractivity (Wildman–Crippen MR) is 121 cm³/mol. The Bertz CT molecular complexity index is 1310. The number of fused-ring (bicyclic) bond motifs is 3. The first-order chi connectivity index (χ1) is 16.1. The van der Waals surface area contributed by atoms with Crippen LogP contribution in [0.5, 0.6) is 5.75 Å². The number of hydrogen-bond acceptors (Lipinski definition) is 10. The molecule has 1 fully saturated rings. The summed E-state index contributed by atoms with van der Waals surface area (Å²) in [5, 5.41) is 49.4. The highest BCUT2D eigenvalue weighted by Crippen LogP contribution is 2.52. The molecule has 2 aromatic rings. The number of rotatable bonds is 4. The molecule has 1 aromatic carbocycles. The van der Waals surface area contributed by atoms with E-state index in [0.717, 1.165) is 0 Å². The zero-order valence-corrected chi connectivity index (χ0v) is 18.6. The second kappa shape index (κ2) is 7.67. The van der Waals surface area contributed by atoms with Crippen molar-refractivity contribution in [3.63, 3.8) is 0 Å². The Balaban J connectivity index is 1.58. The van der Waals surface area contributed by atoms with Crippen LogP contribution in [0, 0.1) is 11.8 Å². The average molecular weight is 484 g/mol. The Labute approximate surface area is 197 Å². The molecule has 1 aromatic heterocycles. The molecule has 0 saturated heterocycles. The van der Waals surface area contributed by atoms with Gasteiger partial charge in [-0.3, -0.25) is 14.4 Å². The summed E-state index contributed by atoms with van der Waals surface area (Å²) in [4.78, 5) is 41.6. The number of ketones is 2. The van der Waals surface area contributed by atoms with Gasteiger partial charge in [-0.25, -0.2) is 4.98 Å². The lowest BCUT2D eigenvalue weighted by atomic mass is 9.59.